The van der Waals surface area contributed by atoms with E-state index in [1.54, 1.807) is 0 Å². The van der Waals surface area contributed by atoms with Crippen molar-refractivity contribution in [3.63, 3.8) is 0 Å². The lowest BCUT2D eigenvalue weighted by atomic mass is 9.95. The third-order valence-electron chi connectivity index (χ3n) is 2.00. The van der Waals surface area contributed by atoms with Crippen molar-refractivity contribution in [3.8, 4) is 0 Å². The average Bonchev–Trinajstić information content (AvgIpc) is 1.91. The van der Waals surface area contributed by atoms with Crippen LogP contribution in [0.5, 0.6) is 0 Å². The fourth-order valence-corrected chi connectivity index (χ4v) is 1.35. The molecule has 2 nitrogen and oxygen atoms in total. The highest BCUT2D eigenvalue weighted by atomic mass is 16.3. The van der Waals surface area contributed by atoms with Crippen LogP contribution in [0.2, 0.25) is 0 Å². The molecule has 1 aliphatic rings. The maximum atomic E-state index is 8.60. The first kappa shape index (κ1) is 7.03. The molecule has 0 aromatic heterocycles. The number of rotatable bonds is 2. The summed E-state index contributed by atoms with van der Waals surface area (Å²) < 4.78 is 0. The van der Waals surface area contributed by atoms with Crippen LogP contribution < -0.4 is 5.32 Å². The zero-order chi connectivity index (χ0) is 6.53. The van der Waals surface area contributed by atoms with Crippen LogP contribution >= 0.6 is 0 Å². The fourth-order valence-electron chi connectivity index (χ4n) is 1.35. The van der Waals surface area contributed by atoms with E-state index < -0.39 is 0 Å². The minimum Gasteiger partial charge on any atom is -0.396 e. The van der Waals surface area contributed by atoms with Crippen LogP contribution in [0.15, 0.2) is 0 Å². The Morgan fingerprint density at radius 2 is 2.11 bits per heavy atom. The van der Waals surface area contributed by atoms with Gasteiger partial charge in [0.2, 0.25) is 0 Å². The van der Waals surface area contributed by atoms with Gasteiger partial charge in [0, 0.05) is 8.03 Å². The van der Waals surface area contributed by atoms with E-state index >= 15 is 0 Å². The molecule has 0 radical (unpaired) electrons. The summed E-state index contributed by atoms with van der Waals surface area (Å²) in [5.74, 6) is 0.788. The van der Waals surface area contributed by atoms with Crippen molar-refractivity contribution in [3.05, 3.63) is 0 Å². The largest absolute Gasteiger partial charge is 0.396 e. The molecule has 0 spiro atoms. The second kappa shape index (κ2) is 3.85. The molecule has 1 rings (SSSR count). The van der Waals surface area contributed by atoms with Crippen molar-refractivity contribution in [2.45, 2.75) is 19.3 Å². The standard InChI is InChI=1S/C7H15NO.H2/c9-6-3-7-1-4-8-5-2-7;/h7-9H,1-6H2;1H/i;1+1. The molecule has 0 unspecified atom stereocenters. The molecule has 0 atom stereocenters. The van der Waals surface area contributed by atoms with Crippen LogP contribution in [0.4, 0.5) is 0 Å². The smallest absolute Gasteiger partial charge is 0.0433 e. The summed E-state index contributed by atoms with van der Waals surface area (Å²) in [4.78, 5) is 0. The molecule has 0 amide bonds. The summed E-state index contributed by atoms with van der Waals surface area (Å²) >= 11 is 0. The minimum atomic E-state index is 0. The Labute approximate surface area is 57.8 Å². The molecule has 2 heteroatoms. The van der Waals surface area contributed by atoms with E-state index in [0.717, 1.165) is 25.4 Å². The van der Waals surface area contributed by atoms with E-state index in [1.807, 2.05) is 0 Å². The van der Waals surface area contributed by atoms with Crippen LogP contribution in [0.1, 0.15) is 20.7 Å². The van der Waals surface area contributed by atoms with Gasteiger partial charge in [-0.15, -0.1) is 0 Å². The third kappa shape index (κ3) is 2.33. The summed E-state index contributed by atoms with van der Waals surface area (Å²) in [5.41, 5.74) is 0. The second-order valence-electron chi connectivity index (χ2n) is 2.71. The molecule has 1 aliphatic heterocycles. The van der Waals surface area contributed by atoms with E-state index in [4.69, 9.17) is 5.11 Å². The second-order valence-corrected chi connectivity index (χ2v) is 2.71. The molecule has 0 aromatic carbocycles. The molecule has 9 heavy (non-hydrogen) atoms. The summed E-state index contributed by atoms with van der Waals surface area (Å²) in [6.07, 6.45) is 3.50. The van der Waals surface area contributed by atoms with E-state index in [0.29, 0.717) is 6.61 Å². The number of nitrogens with one attached hydrogen (secondary N) is 1. The van der Waals surface area contributed by atoms with Gasteiger partial charge in [-0.3, -0.25) is 0 Å². The monoisotopic (exact) mass is 132 g/mol. The van der Waals surface area contributed by atoms with Crippen molar-refractivity contribution in [1.29, 1.82) is 0 Å². The van der Waals surface area contributed by atoms with Gasteiger partial charge in [0.1, 0.15) is 0 Å². The Bertz CT molecular complexity index is 71.3. The first-order chi connectivity index (χ1) is 4.43. The maximum Gasteiger partial charge on any atom is 0.0433 e. The Kier molecular flexibility index (Phi) is 3.01. The lowest BCUT2D eigenvalue weighted by Crippen LogP contribution is -2.28. The molecule has 0 aromatic rings. The van der Waals surface area contributed by atoms with Gasteiger partial charge < -0.3 is 10.4 Å². The lowest BCUT2D eigenvalue weighted by molar-refractivity contribution is 0.235. The van der Waals surface area contributed by atoms with Gasteiger partial charge in [0.15, 0.2) is 0 Å². The molecular weight excluding hydrogens is 114 g/mol. The molecule has 0 aliphatic carbocycles. The molecule has 2 N–H and O–H groups in total. The van der Waals surface area contributed by atoms with Crippen LogP contribution in [-0.2, 0) is 0 Å². The van der Waals surface area contributed by atoms with E-state index in [9.17, 15) is 0 Å². The number of aliphatic hydroxyl groups excluding tert-OH is 1. The van der Waals surface area contributed by atoms with Gasteiger partial charge in [-0.1, -0.05) is 0 Å². The molecular formula is C7H17NO. The minimum absolute atomic E-state index is 0. The molecule has 1 heterocycles. The summed E-state index contributed by atoms with van der Waals surface area (Å²) in [6.45, 7) is 2.65. The van der Waals surface area contributed by atoms with Gasteiger partial charge in [0.25, 0.3) is 0 Å². The Hall–Kier alpha value is -0.0800. The fraction of sp³-hybridized carbons (Fsp3) is 1.00. The molecule has 1 fully saturated rings. The lowest BCUT2D eigenvalue weighted by Gasteiger charge is -2.21. The number of aliphatic hydroxyl groups is 1. The topological polar surface area (TPSA) is 32.3 Å². The quantitative estimate of drug-likeness (QED) is 0.577. The average molecular weight is 132 g/mol. The zero-order valence-corrected chi connectivity index (χ0v) is 5.77. The highest BCUT2D eigenvalue weighted by Crippen LogP contribution is 2.14. The van der Waals surface area contributed by atoms with Crippen molar-refractivity contribution in [1.82, 2.24) is 5.32 Å². The van der Waals surface area contributed by atoms with Gasteiger partial charge in [-0.25, -0.2) is 0 Å². The van der Waals surface area contributed by atoms with Crippen molar-refractivity contribution < 1.29 is 6.53 Å². The van der Waals surface area contributed by atoms with E-state index in [1.165, 1.54) is 12.8 Å². The number of piperidine rings is 1. The molecule has 0 saturated carbocycles. The van der Waals surface area contributed by atoms with Crippen molar-refractivity contribution >= 4 is 0 Å². The van der Waals surface area contributed by atoms with Crippen LogP contribution in [0.3, 0.4) is 0 Å². The Morgan fingerprint density at radius 1 is 1.44 bits per heavy atom. The third-order valence-corrected chi connectivity index (χ3v) is 2.00. The predicted molar refractivity (Wildman–Crippen MR) is 39.4 cm³/mol. The Balaban J connectivity index is 0.000000810. The van der Waals surface area contributed by atoms with E-state index in [2.05, 4.69) is 5.32 Å². The molecule has 1 saturated heterocycles. The maximum absolute atomic E-state index is 8.60. The van der Waals surface area contributed by atoms with Crippen molar-refractivity contribution in [2.24, 2.45) is 5.92 Å². The van der Waals surface area contributed by atoms with Gasteiger partial charge in [0.05, 0.1) is 0 Å². The summed E-state index contributed by atoms with van der Waals surface area (Å²) in [6, 6.07) is 0. The summed E-state index contributed by atoms with van der Waals surface area (Å²) in [5, 5.41) is 11.9. The van der Waals surface area contributed by atoms with Gasteiger partial charge >= 0.3 is 0 Å². The van der Waals surface area contributed by atoms with Crippen LogP contribution in [0, 0.1) is 5.92 Å². The van der Waals surface area contributed by atoms with Gasteiger partial charge in [-0.2, -0.15) is 0 Å². The first-order valence-corrected chi connectivity index (χ1v) is 3.75. The Morgan fingerprint density at radius 3 is 2.67 bits per heavy atom. The van der Waals surface area contributed by atoms with Crippen molar-refractivity contribution in [2.75, 3.05) is 19.7 Å². The first-order valence-electron chi connectivity index (χ1n) is 3.75. The molecule has 0 bridgehead atoms. The van der Waals surface area contributed by atoms with Crippen LogP contribution in [0.25, 0.3) is 0 Å². The summed E-state index contributed by atoms with van der Waals surface area (Å²) in [7, 11) is 0. The SMILES string of the molecule is OCCC1CCNCC1.[2HH]. The predicted octanol–water partition coefficient (Wildman–Crippen LogP) is 0.614. The van der Waals surface area contributed by atoms with Crippen LogP contribution in [-0.4, -0.2) is 24.8 Å². The number of hydrogen-bond acceptors (Lipinski definition) is 2. The van der Waals surface area contributed by atoms with Gasteiger partial charge in [-0.05, 0) is 38.3 Å². The zero-order valence-electron chi connectivity index (χ0n) is 5.77. The highest BCUT2D eigenvalue weighted by Gasteiger charge is 2.10. The highest BCUT2D eigenvalue weighted by molar-refractivity contribution is 4.67. The molecule has 56 valence electrons. The normalized spacial score (nSPS) is 22.3. The van der Waals surface area contributed by atoms with E-state index in [-0.39, 0.29) is 1.43 Å². The number of hydrogen-bond donors (Lipinski definition) is 2.